The Hall–Kier alpha value is 0.100. The van der Waals surface area contributed by atoms with Gasteiger partial charge >= 0.3 is 7.60 Å². The summed E-state index contributed by atoms with van der Waals surface area (Å²) in [5.41, 5.74) is -0.564. The van der Waals surface area contributed by atoms with E-state index < -0.39 is 27.7 Å². The van der Waals surface area contributed by atoms with Crippen LogP contribution >= 0.6 is 7.60 Å². The van der Waals surface area contributed by atoms with Crippen molar-refractivity contribution in [3.8, 4) is 0 Å². The third-order valence-electron chi connectivity index (χ3n) is 1.91. The van der Waals surface area contributed by atoms with Crippen LogP contribution in [-0.2, 0) is 23.4 Å². The minimum absolute atomic E-state index is 0.164. The van der Waals surface area contributed by atoms with E-state index in [-0.39, 0.29) is 13.2 Å². The molecule has 0 heterocycles. The van der Waals surface area contributed by atoms with Crippen molar-refractivity contribution in [3.63, 3.8) is 0 Å². The Balaban J connectivity index is 4.98. The van der Waals surface area contributed by atoms with Crippen molar-refractivity contribution in [1.29, 1.82) is 0 Å². The molecular weight excluding hydrogens is 251 g/mol. The lowest BCUT2D eigenvalue weighted by molar-refractivity contribution is 0.223. The standard InChI is InChI=1S/C9H21O5PS/c1-6-13-15(10,14-7-2)8-16(11,12)9(3,4)5/h6-8H2,1-5H3. The van der Waals surface area contributed by atoms with Crippen molar-refractivity contribution in [1.82, 2.24) is 0 Å². The Morgan fingerprint density at radius 2 is 1.44 bits per heavy atom. The average Bonchev–Trinajstić information content (AvgIpc) is 2.00. The molecule has 0 fully saturated rings. The van der Waals surface area contributed by atoms with Crippen LogP contribution in [-0.4, -0.2) is 31.9 Å². The van der Waals surface area contributed by atoms with Crippen LogP contribution in [0.1, 0.15) is 34.6 Å². The molecule has 5 nitrogen and oxygen atoms in total. The van der Waals surface area contributed by atoms with E-state index in [2.05, 4.69) is 0 Å². The van der Waals surface area contributed by atoms with Gasteiger partial charge in [0, 0.05) is 0 Å². The van der Waals surface area contributed by atoms with Gasteiger partial charge in [-0.2, -0.15) is 0 Å². The molecule has 0 amide bonds. The summed E-state index contributed by atoms with van der Waals surface area (Å²) >= 11 is 0. The summed E-state index contributed by atoms with van der Waals surface area (Å²) in [5, 5.41) is 0. The van der Waals surface area contributed by atoms with E-state index >= 15 is 0 Å². The zero-order chi connectivity index (χ0) is 13.0. The lowest BCUT2D eigenvalue weighted by Crippen LogP contribution is -2.30. The first-order valence-electron chi connectivity index (χ1n) is 5.18. The van der Waals surface area contributed by atoms with Crippen molar-refractivity contribution in [2.45, 2.75) is 39.4 Å². The van der Waals surface area contributed by atoms with E-state index in [1.54, 1.807) is 34.6 Å². The number of hydrogen-bond donors (Lipinski definition) is 0. The van der Waals surface area contributed by atoms with Gasteiger partial charge in [0.2, 0.25) is 0 Å². The second kappa shape index (κ2) is 5.63. The Labute approximate surface area is 98.0 Å². The van der Waals surface area contributed by atoms with E-state index in [9.17, 15) is 13.0 Å². The SMILES string of the molecule is CCOP(=O)(CS(=O)(=O)C(C)(C)C)OCC. The van der Waals surface area contributed by atoms with Gasteiger partial charge in [0.15, 0.2) is 15.3 Å². The average molecular weight is 272 g/mol. The fourth-order valence-corrected chi connectivity index (χ4v) is 5.58. The normalized spacial score (nSPS) is 14.1. The van der Waals surface area contributed by atoms with Gasteiger partial charge < -0.3 is 9.05 Å². The summed E-state index contributed by atoms with van der Waals surface area (Å²) in [7, 11) is -7.04. The molecule has 0 spiro atoms. The van der Waals surface area contributed by atoms with Gasteiger partial charge in [0.25, 0.3) is 0 Å². The topological polar surface area (TPSA) is 69.7 Å². The molecule has 7 heteroatoms. The molecule has 0 aliphatic heterocycles. The molecule has 0 unspecified atom stereocenters. The lowest BCUT2D eigenvalue weighted by Gasteiger charge is -2.23. The maximum Gasteiger partial charge on any atom is 0.345 e. The van der Waals surface area contributed by atoms with Crippen molar-refractivity contribution >= 4 is 17.4 Å². The van der Waals surface area contributed by atoms with E-state index in [4.69, 9.17) is 9.05 Å². The Morgan fingerprint density at radius 1 is 1.06 bits per heavy atom. The molecule has 0 saturated heterocycles. The van der Waals surface area contributed by atoms with Crippen LogP contribution in [0.3, 0.4) is 0 Å². The second-order valence-electron chi connectivity index (χ2n) is 4.30. The first-order valence-corrected chi connectivity index (χ1v) is 8.56. The Morgan fingerprint density at radius 3 is 1.69 bits per heavy atom. The first kappa shape index (κ1) is 16.1. The maximum atomic E-state index is 12.1. The molecule has 0 aliphatic carbocycles. The molecule has 0 saturated carbocycles. The van der Waals surface area contributed by atoms with E-state index in [0.29, 0.717) is 0 Å². The molecule has 0 bridgehead atoms. The quantitative estimate of drug-likeness (QED) is 0.694. The van der Waals surface area contributed by atoms with E-state index in [1.807, 2.05) is 0 Å². The van der Waals surface area contributed by atoms with Crippen LogP contribution < -0.4 is 0 Å². The highest BCUT2D eigenvalue weighted by atomic mass is 32.2. The van der Waals surface area contributed by atoms with Gasteiger partial charge in [-0.05, 0) is 34.6 Å². The monoisotopic (exact) mass is 272 g/mol. The largest absolute Gasteiger partial charge is 0.345 e. The van der Waals surface area contributed by atoms with Crippen LogP contribution in [0.4, 0.5) is 0 Å². The third-order valence-corrected chi connectivity index (χ3v) is 7.71. The number of hydrogen-bond acceptors (Lipinski definition) is 5. The molecule has 0 radical (unpaired) electrons. The molecule has 0 N–H and O–H groups in total. The van der Waals surface area contributed by atoms with E-state index in [0.717, 1.165) is 0 Å². The molecule has 0 aromatic carbocycles. The predicted molar refractivity (Wildman–Crippen MR) is 64.4 cm³/mol. The molecule has 16 heavy (non-hydrogen) atoms. The highest BCUT2D eigenvalue weighted by Gasteiger charge is 2.38. The summed E-state index contributed by atoms with van der Waals surface area (Å²) in [6.45, 7) is 8.30. The number of sulfone groups is 1. The fraction of sp³-hybridized carbons (Fsp3) is 1.00. The highest BCUT2D eigenvalue weighted by Crippen LogP contribution is 2.50. The molecule has 0 aliphatic rings. The number of rotatable bonds is 6. The van der Waals surface area contributed by atoms with Crippen LogP contribution in [0.2, 0.25) is 0 Å². The smallest absolute Gasteiger partial charge is 0.308 e. The van der Waals surface area contributed by atoms with Gasteiger partial charge in [-0.3, -0.25) is 4.57 Å². The van der Waals surface area contributed by atoms with Crippen molar-refractivity contribution in [2.75, 3.05) is 18.7 Å². The first-order chi connectivity index (χ1) is 7.08. The minimum atomic E-state index is -3.53. The lowest BCUT2D eigenvalue weighted by atomic mass is 10.3. The van der Waals surface area contributed by atoms with Crippen molar-refractivity contribution < 1.29 is 22.0 Å². The fourth-order valence-electron chi connectivity index (χ4n) is 0.907. The van der Waals surface area contributed by atoms with Crippen LogP contribution in [0.25, 0.3) is 0 Å². The van der Waals surface area contributed by atoms with Gasteiger partial charge in [-0.15, -0.1) is 0 Å². The van der Waals surface area contributed by atoms with Crippen molar-refractivity contribution in [3.05, 3.63) is 0 Å². The molecule has 0 atom stereocenters. The summed E-state index contributed by atoms with van der Waals surface area (Å²) in [6.07, 6.45) is 0. The second-order valence-corrected chi connectivity index (χ2v) is 9.53. The molecule has 0 aromatic heterocycles. The summed E-state index contributed by atoms with van der Waals surface area (Å²) < 4.78 is 44.8. The van der Waals surface area contributed by atoms with Crippen LogP contribution in [0.15, 0.2) is 0 Å². The Bertz CT molecular complexity index is 345. The van der Waals surface area contributed by atoms with Crippen LogP contribution in [0.5, 0.6) is 0 Å². The molecule has 98 valence electrons. The zero-order valence-electron chi connectivity index (χ0n) is 10.5. The molecule has 0 rings (SSSR count). The van der Waals surface area contributed by atoms with Crippen LogP contribution in [0, 0.1) is 0 Å². The van der Waals surface area contributed by atoms with Gasteiger partial charge in [0.05, 0.1) is 18.0 Å². The predicted octanol–water partition coefficient (Wildman–Crippen LogP) is 2.42. The van der Waals surface area contributed by atoms with E-state index in [1.165, 1.54) is 0 Å². The van der Waals surface area contributed by atoms with Gasteiger partial charge in [-0.25, -0.2) is 8.42 Å². The van der Waals surface area contributed by atoms with Gasteiger partial charge in [0.1, 0.15) is 0 Å². The summed E-state index contributed by atoms with van der Waals surface area (Å²) in [6, 6.07) is 0. The third kappa shape index (κ3) is 4.53. The summed E-state index contributed by atoms with van der Waals surface area (Å²) in [4.78, 5) is 0. The highest BCUT2D eigenvalue weighted by molar-refractivity contribution is 7.98. The van der Waals surface area contributed by atoms with Crippen molar-refractivity contribution in [2.24, 2.45) is 0 Å². The van der Waals surface area contributed by atoms with Gasteiger partial charge in [-0.1, -0.05) is 0 Å². The Kier molecular flexibility index (Phi) is 5.66. The maximum absolute atomic E-state index is 12.1. The molecule has 0 aromatic rings. The summed E-state index contributed by atoms with van der Waals surface area (Å²) in [5.74, 6) is 0. The molecular formula is C9H21O5PS. The minimum Gasteiger partial charge on any atom is -0.308 e. The zero-order valence-corrected chi connectivity index (χ0v) is 12.2.